The van der Waals surface area contributed by atoms with Crippen molar-refractivity contribution in [1.29, 1.82) is 0 Å². The van der Waals surface area contributed by atoms with Crippen LogP contribution in [0.4, 0.5) is 10.5 Å². The standard InChI is InChI=1S/C31H29N3O4/c35-30(36)29-19-26(33-31(37)32-25-15-13-24(14-16-25)23-7-3-1-4-8-23)21-34(29)20-22-11-17-28(18-12-22)38-27-9-5-2-6-10-27/h1-18,26,29H,19-21H2,(H,35,36)(H2,32,33,37)/t26-,29-/m0/s1. The molecule has 4 aromatic carbocycles. The lowest BCUT2D eigenvalue weighted by atomic mass is 10.1. The quantitative estimate of drug-likeness (QED) is 0.272. The van der Waals surface area contributed by atoms with Crippen molar-refractivity contribution in [2.24, 2.45) is 0 Å². The molecule has 5 rings (SSSR count). The number of carboxylic acids is 1. The summed E-state index contributed by atoms with van der Waals surface area (Å²) in [5, 5.41) is 15.6. The molecule has 0 saturated carbocycles. The molecule has 4 aromatic rings. The predicted octanol–water partition coefficient (Wildman–Crippen LogP) is 6.00. The molecule has 0 aliphatic carbocycles. The zero-order chi connectivity index (χ0) is 26.3. The van der Waals surface area contributed by atoms with Crippen molar-refractivity contribution in [2.45, 2.75) is 25.0 Å². The van der Waals surface area contributed by atoms with Gasteiger partial charge in [-0.05, 0) is 59.5 Å². The van der Waals surface area contributed by atoms with Crippen molar-refractivity contribution in [1.82, 2.24) is 10.2 Å². The average Bonchev–Trinajstić information content (AvgIpc) is 3.33. The van der Waals surface area contributed by atoms with Gasteiger partial charge in [0, 0.05) is 24.8 Å². The van der Waals surface area contributed by atoms with Crippen LogP contribution in [0.15, 0.2) is 109 Å². The summed E-state index contributed by atoms with van der Waals surface area (Å²) in [6.07, 6.45) is 0.338. The van der Waals surface area contributed by atoms with E-state index in [-0.39, 0.29) is 12.1 Å². The molecule has 0 radical (unpaired) electrons. The number of carboxylic acid groups (broad SMARTS) is 1. The van der Waals surface area contributed by atoms with Gasteiger partial charge in [0.25, 0.3) is 0 Å². The third-order valence-electron chi connectivity index (χ3n) is 6.56. The highest BCUT2D eigenvalue weighted by Gasteiger charge is 2.37. The zero-order valence-corrected chi connectivity index (χ0v) is 20.8. The minimum atomic E-state index is -0.893. The van der Waals surface area contributed by atoms with Crippen LogP contribution in [0.5, 0.6) is 11.5 Å². The van der Waals surface area contributed by atoms with Gasteiger partial charge in [-0.15, -0.1) is 0 Å². The Morgan fingerprint density at radius 2 is 1.39 bits per heavy atom. The average molecular weight is 508 g/mol. The topological polar surface area (TPSA) is 90.9 Å². The molecule has 0 spiro atoms. The highest BCUT2D eigenvalue weighted by molar-refractivity contribution is 5.90. The van der Waals surface area contributed by atoms with E-state index >= 15 is 0 Å². The van der Waals surface area contributed by atoms with Gasteiger partial charge in [-0.3, -0.25) is 9.69 Å². The molecule has 2 amide bonds. The fourth-order valence-electron chi connectivity index (χ4n) is 4.69. The summed E-state index contributed by atoms with van der Waals surface area (Å²) in [7, 11) is 0. The summed E-state index contributed by atoms with van der Waals surface area (Å²) in [4.78, 5) is 26.5. The number of hydrogen-bond acceptors (Lipinski definition) is 4. The van der Waals surface area contributed by atoms with Gasteiger partial charge in [-0.2, -0.15) is 0 Å². The summed E-state index contributed by atoms with van der Waals surface area (Å²) in [5.41, 5.74) is 3.81. The van der Waals surface area contributed by atoms with Crippen molar-refractivity contribution in [3.63, 3.8) is 0 Å². The van der Waals surface area contributed by atoms with Crippen molar-refractivity contribution in [2.75, 3.05) is 11.9 Å². The molecule has 38 heavy (non-hydrogen) atoms. The summed E-state index contributed by atoms with van der Waals surface area (Å²) in [6, 6.07) is 33.5. The lowest BCUT2D eigenvalue weighted by Crippen LogP contribution is -2.39. The zero-order valence-electron chi connectivity index (χ0n) is 20.8. The number of ether oxygens (including phenoxy) is 1. The Morgan fingerprint density at radius 3 is 2.05 bits per heavy atom. The first-order valence-corrected chi connectivity index (χ1v) is 12.6. The maximum atomic E-state index is 12.7. The number of para-hydroxylation sites is 1. The number of carbonyl (C=O) groups is 2. The maximum absolute atomic E-state index is 12.7. The Kier molecular flexibility index (Phi) is 7.66. The number of rotatable bonds is 8. The van der Waals surface area contributed by atoms with E-state index < -0.39 is 12.0 Å². The molecule has 192 valence electrons. The van der Waals surface area contributed by atoms with Gasteiger partial charge < -0.3 is 20.5 Å². The molecule has 2 atom stereocenters. The van der Waals surface area contributed by atoms with Crippen LogP contribution in [0.1, 0.15) is 12.0 Å². The van der Waals surface area contributed by atoms with E-state index in [2.05, 4.69) is 10.6 Å². The van der Waals surface area contributed by atoms with Gasteiger partial charge in [0.1, 0.15) is 17.5 Å². The van der Waals surface area contributed by atoms with Gasteiger partial charge in [0.15, 0.2) is 0 Å². The fraction of sp³-hybridized carbons (Fsp3) is 0.161. The smallest absolute Gasteiger partial charge is 0.321 e. The number of carbonyl (C=O) groups excluding carboxylic acids is 1. The molecule has 1 heterocycles. The number of benzene rings is 4. The number of aliphatic carboxylic acids is 1. The lowest BCUT2D eigenvalue weighted by molar-refractivity contribution is -0.142. The molecule has 1 fully saturated rings. The molecule has 0 unspecified atom stereocenters. The van der Waals surface area contributed by atoms with Gasteiger partial charge in [-0.1, -0.05) is 72.8 Å². The minimum Gasteiger partial charge on any atom is -0.480 e. The third-order valence-corrected chi connectivity index (χ3v) is 6.56. The Morgan fingerprint density at radius 1 is 0.789 bits per heavy atom. The van der Waals surface area contributed by atoms with Crippen molar-refractivity contribution >= 4 is 17.7 Å². The largest absolute Gasteiger partial charge is 0.480 e. The van der Waals surface area contributed by atoms with Crippen LogP contribution in [0.25, 0.3) is 11.1 Å². The molecule has 7 heteroatoms. The van der Waals surface area contributed by atoms with E-state index in [1.54, 1.807) is 0 Å². The summed E-state index contributed by atoms with van der Waals surface area (Å²) < 4.78 is 5.84. The van der Waals surface area contributed by atoms with Crippen LogP contribution in [-0.4, -0.2) is 40.6 Å². The van der Waals surface area contributed by atoms with Crippen LogP contribution in [0, 0.1) is 0 Å². The van der Waals surface area contributed by atoms with Crippen molar-refractivity contribution in [3.05, 3.63) is 115 Å². The summed E-state index contributed by atoms with van der Waals surface area (Å²) in [5.74, 6) is 0.574. The van der Waals surface area contributed by atoms with E-state index in [1.807, 2.05) is 114 Å². The number of urea groups is 1. The van der Waals surface area contributed by atoms with Crippen molar-refractivity contribution in [3.8, 4) is 22.6 Å². The minimum absolute atomic E-state index is 0.277. The van der Waals surface area contributed by atoms with E-state index in [0.29, 0.717) is 30.9 Å². The van der Waals surface area contributed by atoms with E-state index in [1.165, 1.54) is 0 Å². The second-order valence-electron chi connectivity index (χ2n) is 9.32. The number of likely N-dealkylation sites (tertiary alicyclic amines) is 1. The molecular weight excluding hydrogens is 478 g/mol. The molecule has 0 aromatic heterocycles. The van der Waals surface area contributed by atoms with Gasteiger partial charge in [0.05, 0.1) is 0 Å². The maximum Gasteiger partial charge on any atom is 0.321 e. The van der Waals surface area contributed by atoms with E-state index in [0.717, 1.165) is 22.4 Å². The Balaban J connectivity index is 1.16. The first-order valence-electron chi connectivity index (χ1n) is 12.6. The monoisotopic (exact) mass is 507 g/mol. The first-order chi connectivity index (χ1) is 18.5. The Hall–Kier alpha value is -4.62. The second-order valence-corrected chi connectivity index (χ2v) is 9.32. The predicted molar refractivity (Wildman–Crippen MR) is 147 cm³/mol. The van der Waals surface area contributed by atoms with Gasteiger partial charge in [-0.25, -0.2) is 4.79 Å². The third kappa shape index (κ3) is 6.38. The molecule has 3 N–H and O–H groups in total. The molecule has 0 bridgehead atoms. The molecule has 7 nitrogen and oxygen atoms in total. The molecule has 1 aliphatic rings. The van der Waals surface area contributed by atoms with E-state index in [4.69, 9.17) is 4.74 Å². The van der Waals surface area contributed by atoms with Crippen LogP contribution in [-0.2, 0) is 11.3 Å². The van der Waals surface area contributed by atoms with Crippen LogP contribution in [0.3, 0.4) is 0 Å². The highest BCUT2D eigenvalue weighted by atomic mass is 16.5. The molecule has 1 aliphatic heterocycles. The lowest BCUT2D eigenvalue weighted by Gasteiger charge is -2.21. The molecular formula is C31H29N3O4. The van der Waals surface area contributed by atoms with Crippen LogP contribution >= 0.6 is 0 Å². The van der Waals surface area contributed by atoms with Crippen LogP contribution in [0.2, 0.25) is 0 Å². The van der Waals surface area contributed by atoms with Gasteiger partial charge >= 0.3 is 12.0 Å². The number of anilines is 1. The molecule has 1 saturated heterocycles. The highest BCUT2D eigenvalue weighted by Crippen LogP contribution is 2.25. The number of hydrogen-bond donors (Lipinski definition) is 3. The normalized spacial score (nSPS) is 17.1. The van der Waals surface area contributed by atoms with Gasteiger partial charge in [0.2, 0.25) is 0 Å². The SMILES string of the molecule is O=C(Nc1ccc(-c2ccccc2)cc1)N[C@H]1C[C@@H](C(=O)O)N(Cc2ccc(Oc3ccccc3)cc2)C1. The second kappa shape index (κ2) is 11.6. The number of amides is 2. The number of nitrogens with zero attached hydrogens (tertiary/aromatic N) is 1. The first kappa shape index (κ1) is 25.0. The summed E-state index contributed by atoms with van der Waals surface area (Å²) >= 11 is 0. The van der Waals surface area contributed by atoms with Crippen LogP contribution < -0.4 is 15.4 Å². The summed E-state index contributed by atoms with van der Waals surface area (Å²) in [6.45, 7) is 0.906. The van der Waals surface area contributed by atoms with Crippen molar-refractivity contribution < 1.29 is 19.4 Å². The van der Waals surface area contributed by atoms with E-state index in [9.17, 15) is 14.7 Å². The Bertz CT molecular complexity index is 1360. The number of nitrogens with one attached hydrogen (secondary N) is 2. The Labute approximate surface area is 221 Å². The fourth-order valence-corrected chi connectivity index (χ4v) is 4.69.